The van der Waals surface area contributed by atoms with Crippen LogP contribution in [0, 0.1) is 0 Å². The van der Waals surface area contributed by atoms with Gasteiger partial charge in [-0.2, -0.15) is 0 Å². The highest BCUT2D eigenvalue weighted by molar-refractivity contribution is 7.99. The summed E-state index contributed by atoms with van der Waals surface area (Å²) in [7, 11) is 0. The predicted molar refractivity (Wildman–Crippen MR) is 92.0 cm³/mol. The zero-order valence-electron chi connectivity index (χ0n) is 13.3. The predicted octanol–water partition coefficient (Wildman–Crippen LogP) is 4.08. The van der Waals surface area contributed by atoms with Crippen molar-refractivity contribution in [3.63, 3.8) is 0 Å². The minimum absolute atomic E-state index is 0.568. The van der Waals surface area contributed by atoms with Crippen molar-refractivity contribution in [3.8, 4) is 0 Å². The maximum absolute atomic E-state index is 3.97. The summed E-state index contributed by atoms with van der Waals surface area (Å²) >= 11 is 2.01. The molecule has 1 N–H and O–H groups in total. The lowest BCUT2D eigenvalue weighted by atomic mass is 10.0. The Morgan fingerprint density at radius 1 is 1.14 bits per heavy atom. The molecule has 0 amide bonds. The van der Waals surface area contributed by atoms with Crippen molar-refractivity contribution in [2.24, 2.45) is 0 Å². The van der Waals surface area contributed by atoms with Gasteiger partial charge in [-0.3, -0.25) is 0 Å². The Balaban J connectivity index is 1.62. The van der Waals surface area contributed by atoms with E-state index in [1.54, 1.807) is 0 Å². The largest absolute Gasteiger partial charge is 0.307 e. The molecular weight excluding hydrogens is 276 g/mol. The molecule has 0 aliphatic carbocycles. The lowest BCUT2D eigenvalue weighted by molar-refractivity contribution is 0.228. The normalized spacial score (nSPS) is 27.4. The molecule has 0 saturated carbocycles. The van der Waals surface area contributed by atoms with Crippen LogP contribution in [0.4, 0.5) is 0 Å². The fraction of sp³-hybridized carbons (Fsp3) is 0.667. The Kier molecular flexibility index (Phi) is 5.25. The van der Waals surface area contributed by atoms with Crippen LogP contribution < -0.4 is 5.32 Å². The van der Waals surface area contributed by atoms with Crippen molar-refractivity contribution < 1.29 is 0 Å². The van der Waals surface area contributed by atoms with Gasteiger partial charge in [0.1, 0.15) is 0 Å². The molecule has 1 aromatic rings. The van der Waals surface area contributed by atoms with E-state index in [-0.39, 0.29) is 0 Å². The molecule has 2 aliphatic heterocycles. The Bertz CT molecular complexity index is 460. The van der Waals surface area contributed by atoms with Crippen LogP contribution in [0.25, 0.3) is 0 Å². The monoisotopic (exact) mass is 304 g/mol. The van der Waals surface area contributed by atoms with Crippen molar-refractivity contribution >= 4 is 11.8 Å². The van der Waals surface area contributed by atoms with E-state index in [1.807, 2.05) is 11.8 Å². The van der Waals surface area contributed by atoms with Gasteiger partial charge >= 0.3 is 0 Å². The molecule has 1 fully saturated rings. The fourth-order valence-corrected chi connectivity index (χ4v) is 4.73. The van der Waals surface area contributed by atoms with Crippen molar-refractivity contribution in [1.29, 1.82) is 0 Å². The maximum Gasteiger partial charge on any atom is 0.0341 e. The van der Waals surface area contributed by atoms with Gasteiger partial charge in [0.05, 0.1) is 0 Å². The zero-order chi connectivity index (χ0) is 14.7. The number of likely N-dealkylation sites (tertiary alicyclic amines) is 1. The van der Waals surface area contributed by atoms with E-state index in [0.717, 1.165) is 0 Å². The second-order valence-electron chi connectivity index (χ2n) is 6.65. The summed E-state index contributed by atoms with van der Waals surface area (Å²) in [5, 5.41) is 3.97. The zero-order valence-corrected chi connectivity index (χ0v) is 14.2. The van der Waals surface area contributed by atoms with E-state index in [1.165, 1.54) is 55.0 Å². The van der Waals surface area contributed by atoms with Crippen LogP contribution in [-0.2, 0) is 0 Å². The molecule has 2 nitrogen and oxygen atoms in total. The lowest BCUT2D eigenvalue weighted by Gasteiger charge is -2.30. The van der Waals surface area contributed by atoms with Crippen LogP contribution in [0.5, 0.6) is 0 Å². The minimum atomic E-state index is 0.568. The van der Waals surface area contributed by atoms with Crippen molar-refractivity contribution in [2.45, 2.75) is 62.6 Å². The quantitative estimate of drug-likeness (QED) is 0.906. The Hall–Kier alpha value is -0.510. The van der Waals surface area contributed by atoms with E-state index in [2.05, 4.69) is 48.3 Å². The summed E-state index contributed by atoms with van der Waals surface area (Å²) in [6.45, 7) is 7.16. The molecule has 116 valence electrons. The van der Waals surface area contributed by atoms with Crippen LogP contribution in [-0.4, -0.2) is 35.8 Å². The van der Waals surface area contributed by atoms with Crippen LogP contribution in [0.15, 0.2) is 29.2 Å². The third-order valence-electron chi connectivity index (χ3n) is 4.89. The number of nitrogens with one attached hydrogen (secondary N) is 1. The van der Waals surface area contributed by atoms with Gasteiger partial charge in [0.15, 0.2) is 0 Å². The molecule has 3 heteroatoms. The summed E-state index contributed by atoms with van der Waals surface area (Å²) in [5.74, 6) is 1.25. The summed E-state index contributed by atoms with van der Waals surface area (Å²) in [4.78, 5) is 4.12. The highest BCUT2D eigenvalue weighted by atomic mass is 32.2. The highest BCUT2D eigenvalue weighted by Crippen LogP contribution is 2.36. The average Bonchev–Trinajstić information content (AvgIpc) is 2.73. The molecule has 2 unspecified atom stereocenters. The second-order valence-corrected chi connectivity index (χ2v) is 7.79. The van der Waals surface area contributed by atoms with Gasteiger partial charge in [-0.05, 0) is 70.0 Å². The van der Waals surface area contributed by atoms with Gasteiger partial charge in [-0.15, -0.1) is 11.8 Å². The first kappa shape index (κ1) is 15.4. The SMILES string of the molecule is CC(C)N1CCCC(NC2CCSc3ccccc32)CC1. The Morgan fingerprint density at radius 3 is 2.86 bits per heavy atom. The molecule has 2 heterocycles. The molecule has 1 saturated heterocycles. The molecular formula is C18H28N2S. The van der Waals surface area contributed by atoms with Crippen LogP contribution >= 0.6 is 11.8 Å². The fourth-order valence-electron chi connectivity index (χ4n) is 3.60. The summed E-state index contributed by atoms with van der Waals surface area (Å²) < 4.78 is 0. The van der Waals surface area contributed by atoms with Crippen LogP contribution in [0.1, 0.15) is 51.1 Å². The minimum Gasteiger partial charge on any atom is -0.307 e. The molecule has 1 aromatic carbocycles. The van der Waals surface area contributed by atoms with E-state index < -0.39 is 0 Å². The van der Waals surface area contributed by atoms with Gasteiger partial charge < -0.3 is 10.2 Å². The average molecular weight is 305 g/mol. The summed E-state index contributed by atoms with van der Waals surface area (Å²) in [6, 6.07) is 10.9. The maximum atomic E-state index is 3.97. The smallest absolute Gasteiger partial charge is 0.0341 e. The third-order valence-corrected chi connectivity index (χ3v) is 6.01. The molecule has 3 rings (SSSR count). The van der Waals surface area contributed by atoms with Crippen molar-refractivity contribution in [3.05, 3.63) is 29.8 Å². The van der Waals surface area contributed by atoms with E-state index in [9.17, 15) is 0 Å². The van der Waals surface area contributed by atoms with E-state index in [0.29, 0.717) is 18.1 Å². The second kappa shape index (κ2) is 7.17. The Labute approximate surface area is 133 Å². The molecule has 0 spiro atoms. The van der Waals surface area contributed by atoms with Crippen molar-refractivity contribution in [2.75, 3.05) is 18.8 Å². The van der Waals surface area contributed by atoms with Gasteiger partial charge in [-0.1, -0.05) is 18.2 Å². The number of benzene rings is 1. The molecule has 21 heavy (non-hydrogen) atoms. The van der Waals surface area contributed by atoms with E-state index in [4.69, 9.17) is 0 Å². The Morgan fingerprint density at radius 2 is 2.00 bits per heavy atom. The van der Waals surface area contributed by atoms with Crippen molar-refractivity contribution in [1.82, 2.24) is 10.2 Å². The number of hydrogen-bond donors (Lipinski definition) is 1. The highest BCUT2D eigenvalue weighted by Gasteiger charge is 2.25. The lowest BCUT2D eigenvalue weighted by Crippen LogP contribution is -2.36. The first-order valence-corrected chi connectivity index (χ1v) is 9.44. The molecule has 0 radical (unpaired) electrons. The first-order chi connectivity index (χ1) is 10.2. The van der Waals surface area contributed by atoms with Crippen LogP contribution in [0.3, 0.4) is 0 Å². The molecule has 0 aromatic heterocycles. The number of thioether (sulfide) groups is 1. The number of rotatable bonds is 3. The molecule has 2 atom stereocenters. The first-order valence-electron chi connectivity index (χ1n) is 8.46. The van der Waals surface area contributed by atoms with Gasteiger partial charge in [0.2, 0.25) is 0 Å². The van der Waals surface area contributed by atoms with Gasteiger partial charge in [0.25, 0.3) is 0 Å². The van der Waals surface area contributed by atoms with Crippen LogP contribution in [0.2, 0.25) is 0 Å². The topological polar surface area (TPSA) is 15.3 Å². The summed E-state index contributed by atoms with van der Waals surface area (Å²) in [6.07, 6.45) is 5.23. The molecule has 0 bridgehead atoms. The third kappa shape index (κ3) is 3.82. The van der Waals surface area contributed by atoms with E-state index >= 15 is 0 Å². The van der Waals surface area contributed by atoms with Gasteiger partial charge in [0, 0.05) is 23.0 Å². The standard InChI is InChI=1S/C18H28N2S/c1-14(2)20-11-5-6-15(9-12-20)19-17-10-13-21-18-8-4-3-7-16(17)18/h3-4,7-8,14-15,17,19H,5-6,9-13H2,1-2H3. The number of hydrogen-bond acceptors (Lipinski definition) is 3. The number of nitrogens with zero attached hydrogens (tertiary/aromatic N) is 1. The van der Waals surface area contributed by atoms with Gasteiger partial charge in [-0.25, -0.2) is 0 Å². The summed E-state index contributed by atoms with van der Waals surface area (Å²) in [5.41, 5.74) is 1.53. The number of fused-ring (bicyclic) bond motifs is 1. The molecule has 2 aliphatic rings.